The second-order valence-corrected chi connectivity index (χ2v) is 5.41. The second-order valence-electron chi connectivity index (χ2n) is 5.41. The topological polar surface area (TPSA) is 21.3 Å². The fraction of sp³-hybridized carbons (Fsp3) is 0.625. The number of hydrogen-bond donors (Lipinski definition) is 1. The van der Waals surface area contributed by atoms with Gasteiger partial charge in [0.2, 0.25) is 0 Å². The molecule has 1 N–H and O–H groups in total. The molecule has 2 unspecified atom stereocenters. The zero-order valence-electron chi connectivity index (χ0n) is 11.6. The highest BCUT2D eigenvalue weighted by molar-refractivity contribution is 5.52. The summed E-state index contributed by atoms with van der Waals surface area (Å²) in [7, 11) is 1.76. The number of benzene rings is 1. The van der Waals surface area contributed by atoms with E-state index in [1.54, 1.807) is 7.11 Å². The molecule has 1 aliphatic carbocycles. The Labute approximate surface area is 111 Å². The average Bonchev–Trinajstić information content (AvgIpc) is 2.40. The van der Waals surface area contributed by atoms with Crippen molar-refractivity contribution in [1.29, 1.82) is 0 Å². The summed E-state index contributed by atoms with van der Waals surface area (Å²) in [5, 5.41) is 3.75. The van der Waals surface area contributed by atoms with Gasteiger partial charge in [-0.3, -0.25) is 0 Å². The number of anilines is 1. The minimum atomic E-state index is 0.641. The molecule has 0 aliphatic heterocycles. The minimum Gasteiger partial charge on any atom is -0.384 e. The van der Waals surface area contributed by atoms with Crippen LogP contribution in [0.5, 0.6) is 0 Å². The summed E-state index contributed by atoms with van der Waals surface area (Å²) < 4.78 is 5.18. The van der Waals surface area contributed by atoms with E-state index in [2.05, 4.69) is 36.5 Å². The number of ether oxygens (including phenoxy) is 1. The van der Waals surface area contributed by atoms with Crippen molar-refractivity contribution < 1.29 is 4.74 Å². The molecule has 1 fully saturated rings. The van der Waals surface area contributed by atoms with Crippen LogP contribution in [0.4, 0.5) is 5.69 Å². The van der Waals surface area contributed by atoms with Crippen LogP contribution in [0, 0.1) is 5.92 Å². The molecule has 18 heavy (non-hydrogen) atoms. The van der Waals surface area contributed by atoms with Gasteiger partial charge in [0, 0.05) is 18.8 Å². The maximum Gasteiger partial charge on any atom is 0.0503 e. The predicted molar refractivity (Wildman–Crippen MR) is 77.1 cm³/mol. The molecule has 0 radical (unpaired) electrons. The standard InChI is InChI=1S/C16H25NO/c1-13-7-3-5-9-15(13)17-16-10-6-4-8-14(16)11-12-18-2/h4,6,8,10,13,15,17H,3,5,7,9,11-12H2,1-2H3. The van der Waals surface area contributed by atoms with Crippen molar-refractivity contribution in [3.63, 3.8) is 0 Å². The lowest BCUT2D eigenvalue weighted by Gasteiger charge is -2.31. The van der Waals surface area contributed by atoms with Crippen LogP contribution in [0.1, 0.15) is 38.2 Å². The maximum absolute atomic E-state index is 5.18. The molecule has 0 bridgehead atoms. The molecule has 2 nitrogen and oxygen atoms in total. The van der Waals surface area contributed by atoms with Gasteiger partial charge in [-0.25, -0.2) is 0 Å². The van der Waals surface area contributed by atoms with Gasteiger partial charge in [0.25, 0.3) is 0 Å². The Bertz CT molecular complexity index is 364. The first-order valence-corrected chi connectivity index (χ1v) is 7.14. The van der Waals surface area contributed by atoms with Crippen LogP contribution in [-0.2, 0) is 11.2 Å². The summed E-state index contributed by atoms with van der Waals surface area (Å²) in [4.78, 5) is 0. The Kier molecular flexibility index (Phi) is 5.06. The number of hydrogen-bond acceptors (Lipinski definition) is 2. The van der Waals surface area contributed by atoms with Gasteiger partial charge < -0.3 is 10.1 Å². The van der Waals surface area contributed by atoms with Gasteiger partial charge in [0.05, 0.1) is 6.61 Å². The highest BCUT2D eigenvalue weighted by atomic mass is 16.5. The minimum absolute atomic E-state index is 0.641. The van der Waals surface area contributed by atoms with Crippen molar-refractivity contribution in [1.82, 2.24) is 0 Å². The average molecular weight is 247 g/mol. The van der Waals surface area contributed by atoms with Gasteiger partial charge in [0.1, 0.15) is 0 Å². The van der Waals surface area contributed by atoms with Gasteiger partial charge in [-0.2, -0.15) is 0 Å². The largest absolute Gasteiger partial charge is 0.384 e. The molecule has 0 heterocycles. The van der Waals surface area contributed by atoms with E-state index in [1.807, 2.05) is 0 Å². The van der Waals surface area contributed by atoms with E-state index in [0.29, 0.717) is 6.04 Å². The van der Waals surface area contributed by atoms with E-state index in [0.717, 1.165) is 18.9 Å². The van der Waals surface area contributed by atoms with Crippen molar-refractivity contribution in [2.45, 2.75) is 45.1 Å². The Morgan fingerprint density at radius 3 is 2.78 bits per heavy atom. The van der Waals surface area contributed by atoms with Gasteiger partial charge >= 0.3 is 0 Å². The summed E-state index contributed by atoms with van der Waals surface area (Å²) in [5.41, 5.74) is 2.67. The Morgan fingerprint density at radius 1 is 1.22 bits per heavy atom. The molecule has 0 amide bonds. The molecule has 1 saturated carbocycles. The van der Waals surface area contributed by atoms with Crippen LogP contribution in [0.2, 0.25) is 0 Å². The van der Waals surface area contributed by atoms with Crippen molar-refractivity contribution >= 4 is 5.69 Å². The van der Waals surface area contributed by atoms with Gasteiger partial charge in [-0.15, -0.1) is 0 Å². The van der Waals surface area contributed by atoms with Gasteiger partial charge in [-0.05, 0) is 36.8 Å². The van der Waals surface area contributed by atoms with Crippen LogP contribution < -0.4 is 5.32 Å². The monoisotopic (exact) mass is 247 g/mol. The SMILES string of the molecule is COCCc1ccccc1NC1CCCCC1C. The molecule has 1 aliphatic rings. The summed E-state index contributed by atoms with van der Waals surface area (Å²) in [6, 6.07) is 9.27. The van der Waals surface area contributed by atoms with Crippen molar-refractivity contribution in [3.8, 4) is 0 Å². The Morgan fingerprint density at radius 2 is 2.00 bits per heavy atom. The molecule has 1 aromatic carbocycles. The Balaban J connectivity index is 2.03. The summed E-state index contributed by atoms with van der Waals surface area (Å²) in [6.45, 7) is 3.16. The smallest absolute Gasteiger partial charge is 0.0503 e. The van der Waals surface area contributed by atoms with Crippen LogP contribution >= 0.6 is 0 Å². The first-order chi connectivity index (χ1) is 8.81. The molecular weight excluding hydrogens is 222 g/mol. The second kappa shape index (κ2) is 6.79. The van der Waals surface area contributed by atoms with E-state index in [9.17, 15) is 0 Å². The highest BCUT2D eigenvalue weighted by Gasteiger charge is 2.21. The van der Waals surface area contributed by atoms with Crippen molar-refractivity contribution in [3.05, 3.63) is 29.8 Å². The van der Waals surface area contributed by atoms with E-state index in [4.69, 9.17) is 4.74 Å². The Hall–Kier alpha value is -1.02. The number of para-hydroxylation sites is 1. The quantitative estimate of drug-likeness (QED) is 0.853. The van der Waals surface area contributed by atoms with Crippen LogP contribution in [-0.4, -0.2) is 19.8 Å². The fourth-order valence-electron chi connectivity index (χ4n) is 2.82. The maximum atomic E-state index is 5.18. The number of nitrogens with one attached hydrogen (secondary N) is 1. The van der Waals surface area contributed by atoms with Crippen LogP contribution in [0.15, 0.2) is 24.3 Å². The first-order valence-electron chi connectivity index (χ1n) is 7.14. The molecule has 100 valence electrons. The van der Waals surface area contributed by atoms with E-state index < -0.39 is 0 Å². The molecule has 2 atom stereocenters. The van der Waals surface area contributed by atoms with E-state index in [1.165, 1.54) is 36.9 Å². The summed E-state index contributed by atoms with van der Waals surface area (Å²) in [5.74, 6) is 0.786. The lowest BCUT2D eigenvalue weighted by Crippen LogP contribution is -2.30. The first kappa shape index (κ1) is 13.4. The highest BCUT2D eigenvalue weighted by Crippen LogP contribution is 2.28. The number of rotatable bonds is 5. The normalized spacial score (nSPS) is 23.9. The molecular formula is C16H25NO. The lowest BCUT2D eigenvalue weighted by atomic mass is 9.85. The third kappa shape index (κ3) is 3.49. The molecule has 2 heteroatoms. The molecule has 2 rings (SSSR count). The van der Waals surface area contributed by atoms with E-state index >= 15 is 0 Å². The van der Waals surface area contributed by atoms with Gasteiger partial charge in [0.15, 0.2) is 0 Å². The lowest BCUT2D eigenvalue weighted by molar-refractivity contribution is 0.202. The molecule has 0 aromatic heterocycles. The van der Waals surface area contributed by atoms with Crippen LogP contribution in [0.25, 0.3) is 0 Å². The molecule has 0 spiro atoms. The third-order valence-electron chi connectivity index (χ3n) is 4.05. The van der Waals surface area contributed by atoms with Crippen molar-refractivity contribution in [2.75, 3.05) is 19.0 Å². The van der Waals surface area contributed by atoms with Crippen molar-refractivity contribution in [2.24, 2.45) is 5.92 Å². The predicted octanol–water partition coefficient (Wildman–Crippen LogP) is 3.87. The fourth-order valence-corrected chi connectivity index (χ4v) is 2.82. The summed E-state index contributed by atoms with van der Waals surface area (Å²) in [6.07, 6.45) is 6.41. The molecule has 1 aromatic rings. The zero-order chi connectivity index (χ0) is 12.8. The third-order valence-corrected chi connectivity index (χ3v) is 4.05. The summed E-state index contributed by atoms with van der Waals surface area (Å²) >= 11 is 0. The van der Waals surface area contributed by atoms with Gasteiger partial charge in [-0.1, -0.05) is 38.0 Å². The zero-order valence-corrected chi connectivity index (χ0v) is 11.6. The van der Waals surface area contributed by atoms with Crippen LogP contribution in [0.3, 0.4) is 0 Å². The van der Waals surface area contributed by atoms with E-state index in [-0.39, 0.29) is 0 Å². The number of methoxy groups -OCH3 is 1. The molecule has 0 saturated heterocycles.